The predicted molar refractivity (Wildman–Crippen MR) is 228 cm³/mol. The van der Waals surface area contributed by atoms with Gasteiger partial charge in [-0.15, -0.1) is 0 Å². The smallest absolute Gasteiger partial charge is 0.337 e. The highest BCUT2D eigenvalue weighted by Gasteiger charge is 2.22. The molecule has 0 bridgehead atoms. The van der Waals surface area contributed by atoms with Crippen molar-refractivity contribution < 1.29 is 33.4 Å². The number of aromatic nitrogens is 2. The van der Waals surface area contributed by atoms with E-state index in [0.29, 0.717) is 27.8 Å². The minimum absolute atomic E-state index is 0.0378. The van der Waals surface area contributed by atoms with Crippen molar-refractivity contribution in [3.05, 3.63) is 86.6 Å². The number of likely N-dealkylation sites (N-methyl/N-ethyl adjacent to an activating group) is 1. The average molecular weight is 917 g/mol. The molecular formula is C39H38BrN11O7S2. The molecule has 310 valence electrons. The summed E-state index contributed by atoms with van der Waals surface area (Å²) in [5.74, 6) is -1.95. The number of nitriles is 4. The number of primary amides is 2. The van der Waals surface area contributed by atoms with Crippen LogP contribution in [0, 0.1) is 50.0 Å². The lowest BCUT2D eigenvalue weighted by Crippen LogP contribution is -2.32. The fourth-order valence-corrected chi connectivity index (χ4v) is 5.89. The van der Waals surface area contributed by atoms with E-state index in [0.717, 1.165) is 38.1 Å². The Morgan fingerprint density at radius 2 is 1.23 bits per heavy atom. The number of methoxy groups -OCH3 is 2. The summed E-state index contributed by atoms with van der Waals surface area (Å²) in [5, 5.41) is 38.0. The number of esters is 2. The van der Waals surface area contributed by atoms with Gasteiger partial charge in [-0.1, -0.05) is 64.2 Å². The molecule has 1 fully saturated rings. The summed E-state index contributed by atoms with van der Waals surface area (Å²) in [5.41, 5.74) is 24.2. The number of ether oxygens (including phenoxy) is 3. The molecule has 1 aliphatic rings. The van der Waals surface area contributed by atoms with Crippen LogP contribution in [0.3, 0.4) is 0 Å². The van der Waals surface area contributed by atoms with E-state index in [1.807, 2.05) is 24.3 Å². The zero-order valence-electron chi connectivity index (χ0n) is 32.4. The number of benzene rings is 2. The van der Waals surface area contributed by atoms with Crippen LogP contribution < -0.4 is 22.9 Å². The molecule has 2 aromatic heterocycles. The highest BCUT2D eigenvalue weighted by Crippen LogP contribution is 2.36. The Hall–Kier alpha value is -6.85. The quantitative estimate of drug-likeness (QED) is 0.0727. The molecule has 0 saturated carbocycles. The van der Waals surface area contributed by atoms with Crippen LogP contribution in [0.1, 0.15) is 43.0 Å². The van der Waals surface area contributed by atoms with E-state index in [9.17, 15) is 40.2 Å². The van der Waals surface area contributed by atoms with Crippen molar-refractivity contribution in [1.29, 1.82) is 21.0 Å². The second-order valence-electron chi connectivity index (χ2n) is 11.8. The lowest BCUT2D eigenvalue weighted by molar-refractivity contribution is -0.116. The Morgan fingerprint density at radius 3 is 1.58 bits per heavy atom. The highest BCUT2D eigenvalue weighted by molar-refractivity contribution is 9.09. The lowest BCUT2D eigenvalue weighted by atomic mass is 9.96. The monoisotopic (exact) mass is 915 g/mol. The summed E-state index contributed by atoms with van der Waals surface area (Å²) in [6.07, 6.45) is 0. The van der Waals surface area contributed by atoms with Gasteiger partial charge in [-0.2, -0.15) is 21.0 Å². The topological polar surface area (TPSA) is 327 Å². The van der Waals surface area contributed by atoms with Gasteiger partial charge < -0.3 is 47.0 Å². The molecule has 1 aliphatic heterocycles. The molecule has 1 saturated heterocycles. The zero-order valence-corrected chi connectivity index (χ0v) is 35.6. The minimum Gasteiger partial charge on any atom is -0.465 e. The second-order valence-corrected chi connectivity index (χ2v) is 13.7. The summed E-state index contributed by atoms with van der Waals surface area (Å²) < 4.78 is 14.5. The molecule has 0 spiro atoms. The Bertz CT molecular complexity index is 2430. The number of carbonyl (C=O) groups excluding carboxylic acids is 4. The SMILES string of the molecule is CN1CCOCC1.COC(=O)c1ccc(-c2c(C#N)c(N)[nH]c(=S)c2C#N)cc1.COC(=O)c1ccc(-c2c(C#N)c(N)nc(SCC(N)=O)c2C#N)cc1.NC(=O)CBr. The van der Waals surface area contributed by atoms with Crippen LogP contribution in [0.4, 0.5) is 11.6 Å². The third-order valence-electron chi connectivity index (χ3n) is 7.79. The van der Waals surface area contributed by atoms with E-state index < -0.39 is 17.8 Å². The summed E-state index contributed by atoms with van der Waals surface area (Å²) in [7, 11) is 4.67. The summed E-state index contributed by atoms with van der Waals surface area (Å²) in [6, 6.07) is 20.4. The first-order chi connectivity index (χ1) is 28.6. The van der Waals surface area contributed by atoms with Gasteiger partial charge in [-0.3, -0.25) is 9.59 Å². The molecule has 0 atom stereocenters. The van der Waals surface area contributed by atoms with Gasteiger partial charge in [0.2, 0.25) is 11.8 Å². The van der Waals surface area contributed by atoms with E-state index in [4.69, 9.17) is 34.2 Å². The molecule has 5 rings (SSSR count). The summed E-state index contributed by atoms with van der Waals surface area (Å²) >= 11 is 8.88. The van der Waals surface area contributed by atoms with Crippen molar-refractivity contribution >= 4 is 75.3 Å². The van der Waals surface area contributed by atoms with E-state index in [1.54, 1.807) is 36.4 Å². The van der Waals surface area contributed by atoms with Crippen LogP contribution in [-0.2, 0) is 23.8 Å². The first-order valence-electron chi connectivity index (χ1n) is 17.0. The van der Waals surface area contributed by atoms with Crippen molar-refractivity contribution in [3.63, 3.8) is 0 Å². The normalized spacial score (nSPS) is 11.3. The number of amides is 2. The summed E-state index contributed by atoms with van der Waals surface area (Å²) in [6.45, 7) is 4.02. The molecule has 2 aromatic carbocycles. The minimum atomic E-state index is -0.576. The number of halogens is 1. The number of nitrogens with zero attached hydrogens (tertiary/aromatic N) is 6. The van der Waals surface area contributed by atoms with Gasteiger partial charge in [0.1, 0.15) is 56.7 Å². The van der Waals surface area contributed by atoms with E-state index >= 15 is 0 Å². The number of anilines is 2. The molecule has 60 heavy (non-hydrogen) atoms. The molecule has 0 radical (unpaired) electrons. The third-order valence-corrected chi connectivity index (χ3v) is 9.65. The van der Waals surface area contributed by atoms with Gasteiger partial charge in [0, 0.05) is 24.2 Å². The Morgan fingerprint density at radius 1 is 0.800 bits per heavy atom. The van der Waals surface area contributed by atoms with Crippen LogP contribution in [0.5, 0.6) is 0 Å². The van der Waals surface area contributed by atoms with Gasteiger partial charge >= 0.3 is 11.9 Å². The number of aromatic amines is 1. The predicted octanol–water partition coefficient (Wildman–Crippen LogP) is 3.78. The van der Waals surface area contributed by atoms with Crippen molar-refractivity contribution in [3.8, 4) is 46.5 Å². The fourth-order valence-electron chi connectivity index (χ4n) is 4.90. The van der Waals surface area contributed by atoms with Crippen LogP contribution >= 0.6 is 39.9 Å². The number of thioether (sulfide) groups is 1. The van der Waals surface area contributed by atoms with Crippen molar-refractivity contribution in [2.24, 2.45) is 11.5 Å². The number of nitrogen functional groups attached to an aromatic ring is 2. The molecular weight excluding hydrogens is 879 g/mol. The number of carbonyl (C=O) groups is 4. The molecule has 18 nitrogen and oxygen atoms in total. The zero-order chi connectivity index (χ0) is 44.9. The molecule has 9 N–H and O–H groups in total. The van der Waals surface area contributed by atoms with Crippen molar-refractivity contribution in [1.82, 2.24) is 14.9 Å². The Labute approximate surface area is 362 Å². The van der Waals surface area contributed by atoms with E-state index in [2.05, 4.69) is 53.1 Å². The number of morpholine rings is 1. The van der Waals surface area contributed by atoms with Gasteiger partial charge in [0.15, 0.2) is 0 Å². The second kappa shape index (κ2) is 24.8. The largest absolute Gasteiger partial charge is 0.465 e. The van der Waals surface area contributed by atoms with E-state index in [1.165, 1.54) is 26.4 Å². The maximum Gasteiger partial charge on any atom is 0.337 e. The molecule has 3 heterocycles. The maximum atomic E-state index is 11.6. The van der Waals surface area contributed by atoms with E-state index in [-0.39, 0.29) is 66.1 Å². The Kier molecular flexibility index (Phi) is 20.4. The third kappa shape index (κ3) is 13.9. The molecule has 0 unspecified atom stereocenters. The fraction of sp³-hybridized carbons (Fsp3) is 0.231. The first-order valence-corrected chi connectivity index (χ1v) is 19.5. The number of nitrogens with one attached hydrogen (secondary N) is 1. The summed E-state index contributed by atoms with van der Waals surface area (Å²) in [4.78, 5) is 52.5. The van der Waals surface area contributed by atoms with Gasteiger partial charge in [0.05, 0.1) is 60.8 Å². The number of pyridine rings is 2. The highest BCUT2D eigenvalue weighted by atomic mass is 79.9. The van der Waals surface area contributed by atoms with Gasteiger partial charge in [0.25, 0.3) is 0 Å². The number of rotatable bonds is 8. The lowest BCUT2D eigenvalue weighted by Gasteiger charge is -2.21. The standard InChI is InChI=1S/C17H13N5O3S.C15H10N4O2S.C5H11NO.C2H4BrNO/c1-25-17(24)10-4-2-9(3-5-10)14-11(6-18)15(21)22-16(12(14)7-19)26-8-13(20)23;1-21-15(20)9-4-2-8(3-5-9)12-10(6-16)13(18)19-14(22)11(12)7-17;1-6-2-4-7-5-3-6;3-1-2(4)5/h2-5H,8H2,1H3,(H2,20,23)(H2,21,22);2-5H,1H3,(H3,18,19,22);2-5H2,1H3;1H2,(H2,4,5). The first kappa shape index (κ1) is 49.3. The van der Waals surface area contributed by atoms with Gasteiger partial charge in [-0.05, 0) is 42.4 Å². The van der Waals surface area contributed by atoms with Crippen LogP contribution in [0.2, 0.25) is 0 Å². The maximum absolute atomic E-state index is 11.6. The molecule has 4 aromatic rings. The number of alkyl halides is 1. The number of H-pyrrole nitrogens is 1. The molecule has 0 aliphatic carbocycles. The molecule has 21 heteroatoms. The molecule has 2 amide bonds. The van der Waals surface area contributed by atoms with Gasteiger partial charge in [-0.25, -0.2) is 14.6 Å². The Balaban J connectivity index is 0.000000326. The number of hydrogen-bond donors (Lipinski definition) is 5. The number of hydrogen-bond acceptors (Lipinski definition) is 17. The average Bonchev–Trinajstić information content (AvgIpc) is 3.25. The number of nitrogens with two attached hydrogens (primary N) is 4. The van der Waals surface area contributed by atoms with Crippen LogP contribution in [0.25, 0.3) is 22.3 Å². The van der Waals surface area contributed by atoms with Crippen LogP contribution in [-0.4, -0.2) is 97.3 Å². The van der Waals surface area contributed by atoms with Crippen LogP contribution in [0.15, 0.2) is 53.6 Å². The van der Waals surface area contributed by atoms with Crippen molar-refractivity contribution in [2.45, 2.75) is 5.03 Å². The van der Waals surface area contributed by atoms with Crippen molar-refractivity contribution in [2.75, 3.05) is 70.1 Å².